The van der Waals surface area contributed by atoms with Crippen LogP contribution in [-0.4, -0.2) is 80.9 Å². The van der Waals surface area contributed by atoms with Crippen molar-refractivity contribution in [2.45, 2.75) is 85.2 Å². The first-order chi connectivity index (χ1) is 18.9. The molecule has 1 heterocycles. The molecule has 0 spiro atoms. The van der Waals surface area contributed by atoms with Crippen molar-refractivity contribution in [1.82, 2.24) is 36.2 Å². The van der Waals surface area contributed by atoms with E-state index < -0.39 is 35.3 Å². The molecule has 2 rings (SSSR count). The molecule has 230 valence electrons. The van der Waals surface area contributed by atoms with Gasteiger partial charge in [0.25, 0.3) is 0 Å². The number of benzene rings is 1. The van der Waals surface area contributed by atoms with Crippen molar-refractivity contribution in [3.63, 3.8) is 0 Å². The zero-order valence-corrected chi connectivity index (χ0v) is 23.8. The number of ether oxygens (including phenoxy) is 3. The number of unbranched alkanes of at least 4 members (excludes halogenated alkanes) is 1. The van der Waals surface area contributed by atoms with Crippen LogP contribution in [0.3, 0.4) is 0 Å². The summed E-state index contributed by atoms with van der Waals surface area (Å²) in [4.78, 5) is 37.5. The number of aliphatic hydroxyl groups is 1. The predicted octanol–water partition coefficient (Wildman–Crippen LogP) is 2.49. The molecule has 0 radical (unpaired) electrons. The lowest BCUT2D eigenvalue weighted by Gasteiger charge is -2.29. The predicted molar refractivity (Wildman–Crippen MR) is 151 cm³/mol. The van der Waals surface area contributed by atoms with Crippen LogP contribution in [0.5, 0.6) is 0 Å². The molecular formula is C27H45N7O7. The summed E-state index contributed by atoms with van der Waals surface area (Å²) in [6.45, 7) is 9.12. The molecule has 0 saturated heterocycles. The minimum atomic E-state index is -1.34. The molecule has 3 amide bonds. The maximum absolute atomic E-state index is 13.3. The molecule has 1 atom stereocenters. The molecule has 0 aliphatic heterocycles. The van der Waals surface area contributed by atoms with Crippen LogP contribution in [0.2, 0.25) is 0 Å². The van der Waals surface area contributed by atoms with E-state index in [1.54, 1.807) is 34.6 Å². The molecule has 2 aromatic rings. The summed E-state index contributed by atoms with van der Waals surface area (Å²) in [5, 5.41) is 28.6. The van der Waals surface area contributed by atoms with Gasteiger partial charge in [0.2, 0.25) is 5.91 Å². The summed E-state index contributed by atoms with van der Waals surface area (Å²) in [5.41, 5.74) is -1.13. The van der Waals surface area contributed by atoms with Gasteiger partial charge in [-0.25, -0.2) is 14.3 Å². The summed E-state index contributed by atoms with van der Waals surface area (Å²) in [6.07, 6.45) is -0.121. The lowest BCUT2D eigenvalue weighted by molar-refractivity contribution is -0.127. The van der Waals surface area contributed by atoms with Crippen molar-refractivity contribution >= 4 is 18.1 Å². The first-order valence-corrected chi connectivity index (χ1v) is 13.1. The number of tetrazole rings is 1. The molecule has 1 aromatic carbocycles. The third kappa shape index (κ3) is 13.4. The number of amides is 3. The number of hydrogen-bond acceptors (Lipinski definition) is 10. The number of carbonyl (C=O) groups excluding carboxylic acids is 3. The third-order valence-electron chi connectivity index (χ3n) is 5.34. The smallest absolute Gasteiger partial charge is 0.408 e. The second-order valence-corrected chi connectivity index (χ2v) is 10.5. The Morgan fingerprint density at radius 2 is 1.76 bits per heavy atom. The number of aromatic nitrogens is 4. The van der Waals surface area contributed by atoms with E-state index in [0.29, 0.717) is 19.4 Å². The largest absolute Gasteiger partial charge is 0.448 e. The van der Waals surface area contributed by atoms with Crippen LogP contribution in [0.25, 0.3) is 0 Å². The standard InChI is InChI=1S/C26H41N7O7.CH4/c1-25(2,3)40-24(37)29-26(4,5)22(35)28-20(18-38-17-19-11-7-6-8-12-19)21-30-31-32-33(21)14-16-39-23(36)27-13-9-10-15-34;/h6-8,11-12,20,34H,9-10,13-18H2,1-5H3,(H,27,36)(H,28,35)(H,29,37);1H4/t20-;/m1./s1. The first kappa shape index (κ1) is 35.2. The average molecular weight is 580 g/mol. The lowest BCUT2D eigenvalue weighted by Crippen LogP contribution is -2.56. The van der Waals surface area contributed by atoms with Gasteiger partial charge in [-0.2, -0.15) is 0 Å². The Balaban J connectivity index is 0.00000840. The van der Waals surface area contributed by atoms with Crippen LogP contribution in [0, 0.1) is 0 Å². The van der Waals surface area contributed by atoms with Gasteiger partial charge in [0.15, 0.2) is 5.82 Å². The fourth-order valence-corrected chi connectivity index (χ4v) is 3.33. The SMILES string of the molecule is C.CC(C)(C)OC(=O)NC(C)(C)C(=O)N[C@H](COCc1ccccc1)c1nnnn1CCOC(=O)NCCCCO. The molecular weight excluding hydrogens is 534 g/mol. The normalized spacial score (nSPS) is 12.0. The molecule has 0 fully saturated rings. The number of nitrogens with one attached hydrogen (secondary N) is 3. The van der Waals surface area contributed by atoms with Gasteiger partial charge in [0, 0.05) is 13.2 Å². The summed E-state index contributed by atoms with van der Waals surface area (Å²) in [6, 6.07) is 8.73. The van der Waals surface area contributed by atoms with Crippen LogP contribution >= 0.6 is 0 Å². The van der Waals surface area contributed by atoms with E-state index in [9.17, 15) is 14.4 Å². The topological polar surface area (TPSA) is 179 Å². The van der Waals surface area contributed by atoms with Crippen molar-refractivity contribution in [3.05, 3.63) is 41.7 Å². The minimum absolute atomic E-state index is 0. The Hall–Kier alpha value is -3.78. The van der Waals surface area contributed by atoms with E-state index >= 15 is 0 Å². The monoisotopic (exact) mass is 579 g/mol. The Labute approximate surface area is 241 Å². The zero-order chi connectivity index (χ0) is 29.6. The second kappa shape index (κ2) is 17.1. The van der Waals surface area contributed by atoms with Gasteiger partial charge >= 0.3 is 12.2 Å². The van der Waals surface area contributed by atoms with Crippen LogP contribution in [0.4, 0.5) is 9.59 Å². The Morgan fingerprint density at radius 1 is 1.05 bits per heavy atom. The quantitative estimate of drug-likeness (QED) is 0.229. The first-order valence-electron chi connectivity index (χ1n) is 13.1. The Morgan fingerprint density at radius 3 is 2.41 bits per heavy atom. The van der Waals surface area contributed by atoms with Crippen LogP contribution in [0.15, 0.2) is 30.3 Å². The number of rotatable bonds is 15. The summed E-state index contributed by atoms with van der Waals surface area (Å²) < 4.78 is 17.8. The van der Waals surface area contributed by atoms with Crippen LogP contribution in [0.1, 0.15) is 72.3 Å². The van der Waals surface area contributed by atoms with E-state index in [4.69, 9.17) is 19.3 Å². The highest BCUT2D eigenvalue weighted by Crippen LogP contribution is 2.15. The summed E-state index contributed by atoms with van der Waals surface area (Å²) in [5.74, 6) is -0.235. The number of nitrogens with zero attached hydrogens (tertiary/aromatic N) is 4. The molecule has 4 N–H and O–H groups in total. The average Bonchev–Trinajstić information content (AvgIpc) is 3.33. The van der Waals surface area contributed by atoms with E-state index in [1.165, 1.54) is 4.68 Å². The number of hydrogen-bond donors (Lipinski definition) is 4. The Bertz CT molecular complexity index is 1070. The maximum atomic E-state index is 13.3. The van der Waals surface area contributed by atoms with E-state index in [1.807, 2.05) is 30.3 Å². The van der Waals surface area contributed by atoms with E-state index in [-0.39, 0.29) is 46.2 Å². The number of alkyl carbamates (subject to hydrolysis) is 2. The molecule has 14 nitrogen and oxygen atoms in total. The highest BCUT2D eigenvalue weighted by Gasteiger charge is 2.34. The molecule has 0 aliphatic rings. The number of aliphatic hydroxyl groups excluding tert-OH is 1. The van der Waals surface area contributed by atoms with E-state index in [0.717, 1.165) is 5.56 Å². The molecule has 0 unspecified atom stereocenters. The van der Waals surface area contributed by atoms with Gasteiger partial charge in [0.1, 0.15) is 23.8 Å². The fraction of sp³-hybridized carbons (Fsp3) is 0.630. The highest BCUT2D eigenvalue weighted by atomic mass is 16.6. The third-order valence-corrected chi connectivity index (χ3v) is 5.34. The van der Waals surface area contributed by atoms with Gasteiger partial charge in [-0.3, -0.25) is 4.79 Å². The van der Waals surface area contributed by atoms with Gasteiger partial charge in [-0.1, -0.05) is 37.8 Å². The second-order valence-electron chi connectivity index (χ2n) is 10.5. The van der Waals surface area contributed by atoms with Gasteiger partial charge in [-0.15, -0.1) is 5.10 Å². The summed E-state index contributed by atoms with van der Waals surface area (Å²) in [7, 11) is 0. The Kier molecular flexibility index (Phi) is 14.7. The maximum Gasteiger partial charge on any atom is 0.408 e. The van der Waals surface area contributed by atoms with E-state index in [2.05, 4.69) is 31.5 Å². The van der Waals surface area contributed by atoms with Crippen molar-refractivity contribution in [2.75, 3.05) is 26.4 Å². The number of carbonyl (C=O) groups is 3. The molecule has 0 saturated carbocycles. The lowest BCUT2D eigenvalue weighted by atomic mass is 10.0. The molecule has 0 bridgehead atoms. The summed E-state index contributed by atoms with van der Waals surface area (Å²) >= 11 is 0. The van der Waals surface area contributed by atoms with Gasteiger partial charge < -0.3 is 35.3 Å². The van der Waals surface area contributed by atoms with Crippen LogP contribution < -0.4 is 16.0 Å². The highest BCUT2D eigenvalue weighted by molar-refractivity contribution is 5.89. The minimum Gasteiger partial charge on any atom is -0.448 e. The van der Waals surface area contributed by atoms with Crippen molar-refractivity contribution in [3.8, 4) is 0 Å². The molecule has 0 aliphatic carbocycles. The van der Waals surface area contributed by atoms with Crippen molar-refractivity contribution in [2.24, 2.45) is 0 Å². The van der Waals surface area contributed by atoms with Crippen molar-refractivity contribution in [1.29, 1.82) is 0 Å². The molecule has 41 heavy (non-hydrogen) atoms. The van der Waals surface area contributed by atoms with Gasteiger partial charge in [-0.05, 0) is 63.5 Å². The van der Waals surface area contributed by atoms with Gasteiger partial charge in [0.05, 0.1) is 19.8 Å². The van der Waals surface area contributed by atoms with Crippen molar-refractivity contribution < 1.29 is 33.7 Å². The zero-order valence-electron chi connectivity index (χ0n) is 23.8. The molecule has 14 heteroatoms. The fourth-order valence-electron chi connectivity index (χ4n) is 3.33. The van der Waals surface area contributed by atoms with Crippen LogP contribution in [-0.2, 0) is 32.2 Å². The molecule has 1 aromatic heterocycles.